The van der Waals surface area contributed by atoms with Crippen LogP contribution in [-0.2, 0) is 4.74 Å². The number of ether oxygens (including phenoxy) is 1. The van der Waals surface area contributed by atoms with E-state index in [1.165, 1.54) is 58.3 Å². The van der Waals surface area contributed by atoms with E-state index in [4.69, 9.17) is 27.7 Å². The molecule has 9 aromatic rings. The molecule has 468 valence electrons. The van der Waals surface area contributed by atoms with Gasteiger partial charge in [-0.3, -0.25) is 14.4 Å². The molecule has 4 atom stereocenters. The first-order valence-corrected chi connectivity index (χ1v) is 28.6. The largest absolute Gasteiger partial charge is 0.444 e. The zero-order valence-electron chi connectivity index (χ0n) is 49.4. The first-order chi connectivity index (χ1) is 43.1. The first-order valence-electron chi connectivity index (χ1n) is 28.6. The highest BCUT2D eigenvalue weighted by molar-refractivity contribution is 5.99. The van der Waals surface area contributed by atoms with Crippen molar-refractivity contribution in [1.29, 1.82) is 0 Å². The molecule has 6 aromatic heterocycles. The van der Waals surface area contributed by atoms with Gasteiger partial charge < -0.3 is 59.6 Å². The van der Waals surface area contributed by atoms with Gasteiger partial charge in [0, 0.05) is 92.1 Å². The number of hydrogen-bond acceptors (Lipinski definition) is 20. The lowest BCUT2D eigenvalue weighted by Crippen LogP contribution is -2.50. The van der Waals surface area contributed by atoms with Crippen molar-refractivity contribution in [2.45, 2.75) is 109 Å². The smallest absolute Gasteiger partial charge is 0.407 e. The number of anilines is 8. The third kappa shape index (κ3) is 16.7. The summed E-state index contributed by atoms with van der Waals surface area (Å²) >= 11 is 0. The van der Waals surface area contributed by atoms with Crippen molar-refractivity contribution < 1.29 is 37.1 Å². The number of carbonyl (C=O) groups is 4. The fourth-order valence-corrected chi connectivity index (χ4v) is 9.70. The lowest BCUT2D eigenvalue weighted by Gasteiger charge is -2.33. The molecule has 27 nitrogen and oxygen atoms in total. The van der Waals surface area contributed by atoms with Crippen molar-refractivity contribution in [3.63, 3.8) is 0 Å². The summed E-state index contributed by atoms with van der Waals surface area (Å²) in [5.74, 6) is -2.48. The van der Waals surface area contributed by atoms with Gasteiger partial charge in [0.1, 0.15) is 63.0 Å². The summed E-state index contributed by atoms with van der Waals surface area (Å²) in [7, 11) is 0. The Morgan fingerprint density at radius 2 is 0.911 bits per heavy atom. The van der Waals surface area contributed by atoms with Crippen LogP contribution in [0.25, 0.3) is 17.1 Å². The number of nitrogens with one attached hydrogen (secondary N) is 6. The molecule has 2 fully saturated rings. The fourth-order valence-electron chi connectivity index (χ4n) is 9.70. The third-order valence-electron chi connectivity index (χ3n) is 14.1. The van der Waals surface area contributed by atoms with Crippen LogP contribution in [0.5, 0.6) is 0 Å². The van der Waals surface area contributed by atoms with Crippen LogP contribution >= 0.6 is 0 Å². The minimum Gasteiger partial charge on any atom is -0.444 e. The highest BCUT2D eigenvalue weighted by Gasteiger charge is 2.30. The standard InChI is InChI=1S/C25H31FN8O3.C20H23FN8O.C15H13FN6O/c1-25(2,3)37-24(36)32-20-8-5-4-7-19(20)31-23-28-14-16(21(27)35)22(33-23)30-18-10-9-15(13-17(18)26)34-12-6-11-29-34;21-14-10-12(29-9-3-8-25-29)6-7-16(14)26-19-13(18(23)30)11-24-20(28-19)27-17-5-2-1-4-15(17)22;1-9-18-8-11(14(17)23)15(20-9)21-13-4-3-10(7-12(13)16)22-6-2-5-19-22/h6,9-14,19-20H,4-5,7-8H2,1-3H3,(H2,27,35)(H,32,36)(H2,28,30,31,33);3,6-11,15,17H,1-2,4-5,22H2,(H2,23,30)(H2,24,26,27,28);2-8H,1H3,(H2,17,23)(H,18,20,21)/t19?,20-;15-,17?;/m00./s1. The maximum Gasteiger partial charge on any atom is 0.407 e. The molecular weight excluding hydrogens is 1170 g/mol. The van der Waals surface area contributed by atoms with Crippen LogP contribution in [0.2, 0.25) is 0 Å². The molecule has 90 heavy (non-hydrogen) atoms. The van der Waals surface area contributed by atoms with Gasteiger partial charge in [-0.15, -0.1) is 0 Å². The Morgan fingerprint density at radius 3 is 1.29 bits per heavy atom. The number of amides is 4. The number of nitrogens with zero attached hydrogens (tertiary/aromatic N) is 12. The van der Waals surface area contributed by atoms with Crippen molar-refractivity contribution in [3.05, 3.63) is 169 Å². The van der Waals surface area contributed by atoms with Crippen molar-refractivity contribution in [2.75, 3.05) is 26.6 Å². The molecule has 0 bridgehead atoms. The third-order valence-corrected chi connectivity index (χ3v) is 14.1. The van der Waals surface area contributed by atoms with Gasteiger partial charge in [0.2, 0.25) is 11.9 Å². The van der Waals surface area contributed by atoms with Crippen LogP contribution in [0, 0.1) is 24.4 Å². The van der Waals surface area contributed by atoms with Gasteiger partial charge in [-0.25, -0.2) is 51.9 Å². The Kier molecular flexibility index (Phi) is 20.2. The number of alkyl carbamates (subject to hydrolysis) is 1. The van der Waals surface area contributed by atoms with Crippen LogP contribution in [0.15, 0.2) is 129 Å². The Morgan fingerprint density at radius 1 is 0.533 bits per heavy atom. The predicted molar refractivity (Wildman–Crippen MR) is 330 cm³/mol. The van der Waals surface area contributed by atoms with E-state index >= 15 is 0 Å². The number of benzene rings is 3. The van der Waals surface area contributed by atoms with Gasteiger partial charge >= 0.3 is 6.09 Å². The number of carbonyl (C=O) groups excluding carboxylic acids is 4. The molecule has 30 heteroatoms. The monoisotopic (exact) mass is 1230 g/mol. The topological polar surface area (TPSA) is 385 Å². The molecule has 2 aliphatic carbocycles. The Balaban J connectivity index is 0.000000164. The van der Waals surface area contributed by atoms with Crippen molar-refractivity contribution >= 4 is 70.2 Å². The fraction of sp³-hybridized carbons (Fsp3) is 0.283. The number of nitrogens with two attached hydrogens (primary N) is 4. The molecule has 14 N–H and O–H groups in total. The summed E-state index contributed by atoms with van der Waals surface area (Å²) in [5.41, 5.74) is 24.1. The van der Waals surface area contributed by atoms with Gasteiger partial charge in [0.05, 0.1) is 40.2 Å². The molecule has 0 radical (unpaired) electrons. The second kappa shape index (κ2) is 28.6. The maximum absolute atomic E-state index is 14.9. The molecule has 2 aliphatic rings. The summed E-state index contributed by atoms with van der Waals surface area (Å²) in [5, 5.41) is 30.1. The van der Waals surface area contributed by atoms with E-state index in [1.807, 2.05) is 0 Å². The second-order valence-electron chi connectivity index (χ2n) is 21.9. The summed E-state index contributed by atoms with van der Waals surface area (Å²) in [4.78, 5) is 72.8. The van der Waals surface area contributed by atoms with Crippen molar-refractivity contribution in [3.8, 4) is 17.1 Å². The quantitative estimate of drug-likeness (QED) is 0.0411. The number of rotatable bonds is 17. The average molecular weight is 1230 g/mol. The van der Waals surface area contributed by atoms with Crippen molar-refractivity contribution in [2.24, 2.45) is 22.9 Å². The number of aryl methyl sites for hydroxylation is 1. The van der Waals surface area contributed by atoms with Gasteiger partial charge in [0.15, 0.2) is 0 Å². The lowest BCUT2D eigenvalue weighted by molar-refractivity contribution is 0.0488. The van der Waals surface area contributed by atoms with Crippen molar-refractivity contribution in [1.82, 2.24) is 64.6 Å². The highest BCUT2D eigenvalue weighted by Crippen LogP contribution is 2.30. The van der Waals surface area contributed by atoms with Gasteiger partial charge in [-0.05, 0) is 108 Å². The Labute approximate surface area is 514 Å². The van der Waals surface area contributed by atoms with Crippen LogP contribution in [0.1, 0.15) is 109 Å². The zero-order valence-corrected chi connectivity index (χ0v) is 49.4. The minimum absolute atomic E-state index is 0.00172. The molecule has 0 aliphatic heterocycles. The van der Waals surface area contributed by atoms with E-state index in [1.54, 1.807) is 112 Å². The molecule has 11 rings (SSSR count). The molecule has 2 unspecified atom stereocenters. The molecule has 2 saturated carbocycles. The zero-order chi connectivity index (χ0) is 64.1. The van der Waals surface area contributed by atoms with Gasteiger partial charge in [-0.1, -0.05) is 25.7 Å². The Bertz CT molecular complexity index is 3960. The number of primary amides is 3. The van der Waals surface area contributed by atoms with Crippen LogP contribution in [0.3, 0.4) is 0 Å². The molecule has 6 heterocycles. The SMILES string of the molecule is CC(C)(C)OC(=O)N[C@H]1CCCCC1Nc1ncc(C(N)=O)c(Nc2ccc(-n3cccn3)cc2F)n1.Cc1ncc(C(N)=O)c(Nc2ccc(-n3cccn3)cc2F)n1.NC(=O)c1cnc(NC2CCCC[C@@H]2N)nc1Nc1ccc(-n2cccn2)cc1F. The average Bonchev–Trinajstić information content (AvgIpc) is 1.27. The molecule has 0 spiro atoms. The van der Waals surface area contributed by atoms with E-state index in [0.29, 0.717) is 28.8 Å². The normalized spacial score (nSPS) is 16.2. The van der Waals surface area contributed by atoms with E-state index < -0.39 is 46.9 Å². The summed E-state index contributed by atoms with van der Waals surface area (Å²) < 4.78 is 53.9. The van der Waals surface area contributed by atoms with Crippen LogP contribution < -0.4 is 54.8 Å². The molecule has 3 aromatic carbocycles. The number of halogens is 3. The number of hydrogen-bond donors (Lipinski definition) is 10. The molecule has 4 amide bonds. The van der Waals surface area contributed by atoms with Crippen LogP contribution in [0.4, 0.5) is 64.4 Å². The second-order valence-corrected chi connectivity index (χ2v) is 21.9. The van der Waals surface area contributed by atoms with Crippen LogP contribution in [-0.4, -0.2) is 113 Å². The van der Waals surface area contributed by atoms with E-state index in [2.05, 4.69) is 77.1 Å². The van der Waals surface area contributed by atoms with E-state index in [0.717, 1.165) is 51.4 Å². The highest BCUT2D eigenvalue weighted by atomic mass is 19.1. The lowest BCUT2D eigenvalue weighted by atomic mass is 9.90. The molecule has 0 saturated heterocycles. The minimum atomic E-state index is -0.759. The summed E-state index contributed by atoms with van der Waals surface area (Å²) in [6, 6.07) is 18.5. The predicted octanol–water partition coefficient (Wildman–Crippen LogP) is 8.17. The molecular formula is C60H67F3N22O5. The summed E-state index contributed by atoms with van der Waals surface area (Å²) in [6.45, 7) is 7.08. The maximum atomic E-state index is 14.9. The van der Waals surface area contributed by atoms with E-state index in [9.17, 15) is 32.3 Å². The summed E-state index contributed by atoms with van der Waals surface area (Å²) in [6.07, 6.45) is 20.8. The Hall–Kier alpha value is -11.0. The van der Waals surface area contributed by atoms with E-state index in [-0.39, 0.29) is 81.3 Å². The van der Waals surface area contributed by atoms with Gasteiger partial charge in [-0.2, -0.15) is 25.3 Å². The first kappa shape index (κ1) is 63.5. The van der Waals surface area contributed by atoms with Gasteiger partial charge in [0.25, 0.3) is 17.7 Å². The number of aromatic nitrogens is 12.